The minimum Gasteiger partial charge on any atom is -0.478 e. The Morgan fingerprint density at radius 1 is 1.32 bits per heavy atom. The highest BCUT2D eigenvalue weighted by Crippen LogP contribution is 2.27. The summed E-state index contributed by atoms with van der Waals surface area (Å²) in [5, 5.41) is 8.87. The molecule has 5 nitrogen and oxygen atoms in total. The van der Waals surface area contributed by atoms with Gasteiger partial charge in [-0.15, -0.1) is 0 Å². The van der Waals surface area contributed by atoms with Crippen LogP contribution >= 0.6 is 0 Å². The van der Waals surface area contributed by atoms with Crippen molar-refractivity contribution in [2.45, 2.75) is 25.4 Å². The lowest BCUT2D eigenvalue weighted by atomic mass is 9.92. The minimum absolute atomic E-state index is 0.00951. The molecule has 0 atom stereocenters. The zero-order chi connectivity index (χ0) is 17.8. The van der Waals surface area contributed by atoms with E-state index < -0.39 is 11.8 Å². The van der Waals surface area contributed by atoms with E-state index in [2.05, 4.69) is 17.8 Å². The zero-order valence-corrected chi connectivity index (χ0v) is 14.1. The predicted octanol–water partition coefficient (Wildman–Crippen LogP) is 2.23. The number of aromatic nitrogens is 1. The highest BCUT2D eigenvalue weighted by Gasteiger charge is 2.19. The van der Waals surface area contributed by atoms with Gasteiger partial charge in [-0.2, -0.15) is 0 Å². The number of carbonyl (C=O) groups is 1. The fourth-order valence-corrected chi connectivity index (χ4v) is 2.99. The summed E-state index contributed by atoms with van der Waals surface area (Å²) in [5.74, 6) is -0.866. The van der Waals surface area contributed by atoms with Crippen molar-refractivity contribution in [2.24, 2.45) is 0 Å². The first-order valence-corrected chi connectivity index (χ1v) is 8.33. The van der Waals surface area contributed by atoms with Crippen LogP contribution in [0.3, 0.4) is 0 Å². The number of aromatic carboxylic acids is 1. The van der Waals surface area contributed by atoms with Crippen LogP contribution in [-0.4, -0.2) is 41.9 Å². The number of pyridine rings is 1. The van der Waals surface area contributed by atoms with Crippen LogP contribution in [0.2, 0.25) is 0 Å². The van der Waals surface area contributed by atoms with Gasteiger partial charge in [-0.25, -0.2) is 14.2 Å². The summed E-state index contributed by atoms with van der Waals surface area (Å²) >= 11 is 0. The molecule has 1 N–H and O–H groups in total. The molecule has 25 heavy (non-hydrogen) atoms. The molecule has 0 unspecified atom stereocenters. The number of piperidine rings is 1. The molecule has 2 aromatic rings. The molecule has 1 saturated heterocycles. The lowest BCUT2D eigenvalue weighted by Crippen LogP contribution is -2.30. The van der Waals surface area contributed by atoms with Crippen LogP contribution in [-0.2, 0) is 6.61 Å². The number of halogens is 1. The highest BCUT2D eigenvalue weighted by atomic mass is 19.1. The van der Waals surface area contributed by atoms with Gasteiger partial charge in [0.25, 0.3) is 0 Å². The number of nitrogens with zero attached hydrogens (tertiary/aromatic N) is 2. The molecule has 0 radical (unpaired) electrons. The maximum atomic E-state index is 14.0. The summed E-state index contributed by atoms with van der Waals surface area (Å²) in [6, 6.07) is 9.46. The average Bonchev–Trinajstić information content (AvgIpc) is 2.61. The van der Waals surface area contributed by atoms with E-state index in [1.54, 1.807) is 6.07 Å². The van der Waals surface area contributed by atoms with E-state index in [1.165, 1.54) is 12.1 Å². The van der Waals surface area contributed by atoms with Gasteiger partial charge in [0, 0.05) is 23.2 Å². The molecular formula is C18H20BFN2O3. The molecular weight excluding hydrogens is 322 g/mol. The Labute approximate surface area is 146 Å². The summed E-state index contributed by atoms with van der Waals surface area (Å²) < 4.78 is 19.6. The third kappa shape index (κ3) is 4.36. The van der Waals surface area contributed by atoms with Gasteiger partial charge in [0.1, 0.15) is 12.4 Å². The fourth-order valence-electron chi connectivity index (χ4n) is 2.99. The quantitative estimate of drug-likeness (QED) is 0.845. The second-order valence-corrected chi connectivity index (χ2v) is 6.38. The molecule has 0 saturated carbocycles. The van der Waals surface area contributed by atoms with Crippen LogP contribution in [0.4, 0.5) is 4.39 Å². The third-order valence-electron chi connectivity index (χ3n) is 4.56. The largest absolute Gasteiger partial charge is 0.478 e. The predicted molar refractivity (Wildman–Crippen MR) is 94.0 cm³/mol. The average molecular weight is 342 g/mol. The van der Waals surface area contributed by atoms with Gasteiger partial charge in [-0.3, -0.25) is 0 Å². The summed E-state index contributed by atoms with van der Waals surface area (Å²) in [7, 11) is 2.12. The fraction of sp³-hybridized carbons (Fsp3) is 0.333. The number of benzene rings is 1. The van der Waals surface area contributed by atoms with Crippen molar-refractivity contribution < 1.29 is 19.0 Å². The van der Waals surface area contributed by atoms with Gasteiger partial charge in [-0.05, 0) is 44.1 Å². The SMILES string of the molecule is BN1CCC(c2cccc(OCc3ccc(C(=O)O)cc3F)n2)CC1. The Morgan fingerprint density at radius 3 is 2.76 bits per heavy atom. The Kier molecular flexibility index (Phi) is 5.33. The number of carboxylic acids is 1. The topological polar surface area (TPSA) is 62.7 Å². The van der Waals surface area contributed by atoms with Crippen molar-refractivity contribution in [3.63, 3.8) is 0 Å². The standard InChI is InChI=1S/C18H20BFN2O3/c19-22-8-6-12(7-9-22)16-2-1-3-17(21-16)25-11-14-5-4-13(18(23)24)10-15(14)20/h1-5,10,12H,6-9,11,19H2,(H,23,24). The van der Waals surface area contributed by atoms with E-state index in [-0.39, 0.29) is 12.2 Å². The second-order valence-electron chi connectivity index (χ2n) is 6.38. The number of hydrogen-bond donors (Lipinski definition) is 1. The first kappa shape index (κ1) is 17.4. The molecule has 0 aliphatic carbocycles. The molecule has 0 bridgehead atoms. The molecule has 130 valence electrons. The second kappa shape index (κ2) is 7.65. The molecule has 1 aliphatic rings. The number of rotatable bonds is 5. The summed E-state index contributed by atoms with van der Waals surface area (Å²) in [6.45, 7) is 2.12. The molecule has 1 aliphatic heterocycles. The highest BCUT2D eigenvalue weighted by molar-refractivity contribution is 6.04. The molecule has 0 spiro atoms. The molecule has 0 amide bonds. The van der Waals surface area contributed by atoms with Crippen molar-refractivity contribution in [3.8, 4) is 5.88 Å². The Morgan fingerprint density at radius 2 is 2.08 bits per heavy atom. The zero-order valence-electron chi connectivity index (χ0n) is 14.1. The normalized spacial score (nSPS) is 15.9. The molecule has 2 heterocycles. The van der Waals surface area contributed by atoms with Crippen LogP contribution in [0.15, 0.2) is 36.4 Å². The van der Waals surface area contributed by atoms with Crippen molar-refractivity contribution in [2.75, 3.05) is 13.1 Å². The first-order valence-electron chi connectivity index (χ1n) is 8.33. The number of ether oxygens (including phenoxy) is 1. The van der Waals surface area contributed by atoms with Crippen molar-refractivity contribution in [1.29, 1.82) is 0 Å². The molecule has 1 aromatic heterocycles. The Hall–Kier alpha value is -2.41. The summed E-state index contributed by atoms with van der Waals surface area (Å²) in [6.07, 6.45) is 2.14. The van der Waals surface area contributed by atoms with Crippen LogP contribution in [0, 0.1) is 5.82 Å². The molecule has 3 rings (SSSR count). The van der Waals surface area contributed by atoms with Crippen LogP contribution in [0.1, 0.15) is 40.4 Å². The first-order chi connectivity index (χ1) is 12.0. The maximum absolute atomic E-state index is 14.0. The van der Waals surface area contributed by atoms with Gasteiger partial charge in [0.2, 0.25) is 5.88 Å². The summed E-state index contributed by atoms with van der Waals surface area (Å²) in [4.78, 5) is 17.7. The van der Waals surface area contributed by atoms with E-state index in [0.29, 0.717) is 17.4 Å². The molecule has 1 fully saturated rings. The lowest BCUT2D eigenvalue weighted by Gasteiger charge is -2.29. The van der Waals surface area contributed by atoms with Gasteiger partial charge in [-0.1, -0.05) is 12.1 Å². The molecule has 1 aromatic carbocycles. The third-order valence-corrected chi connectivity index (χ3v) is 4.56. The van der Waals surface area contributed by atoms with Gasteiger partial charge in [0.05, 0.1) is 5.56 Å². The van der Waals surface area contributed by atoms with Gasteiger partial charge < -0.3 is 14.7 Å². The Bertz CT molecular complexity index is 764. The minimum atomic E-state index is -1.15. The summed E-state index contributed by atoms with van der Waals surface area (Å²) in [5.41, 5.74) is 1.23. The lowest BCUT2D eigenvalue weighted by molar-refractivity contribution is 0.0696. The smallest absolute Gasteiger partial charge is 0.335 e. The van der Waals surface area contributed by atoms with Crippen LogP contribution in [0.25, 0.3) is 0 Å². The van der Waals surface area contributed by atoms with E-state index in [4.69, 9.17) is 9.84 Å². The van der Waals surface area contributed by atoms with Crippen LogP contribution in [0.5, 0.6) is 5.88 Å². The van der Waals surface area contributed by atoms with E-state index in [0.717, 1.165) is 37.7 Å². The maximum Gasteiger partial charge on any atom is 0.335 e. The monoisotopic (exact) mass is 342 g/mol. The van der Waals surface area contributed by atoms with Crippen LogP contribution < -0.4 is 4.74 Å². The van der Waals surface area contributed by atoms with E-state index in [1.807, 2.05) is 12.1 Å². The molecule has 7 heteroatoms. The number of hydrogen-bond acceptors (Lipinski definition) is 4. The van der Waals surface area contributed by atoms with Gasteiger partial charge in [0.15, 0.2) is 7.98 Å². The van der Waals surface area contributed by atoms with E-state index >= 15 is 0 Å². The number of carboxylic acid groups (broad SMARTS) is 1. The van der Waals surface area contributed by atoms with E-state index in [9.17, 15) is 9.18 Å². The Balaban J connectivity index is 1.66. The van der Waals surface area contributed by atoms with Crippen molar-refractivity contribution >= 4 is 14.0 Å². The van der Waals surface area contributed by atoms with Crippen molar-refractivity contribution in [1.82, 2.24) is 9.79 Å². The van der Waals surface area contributed by atoms with Crippen molar-refractivity contribution in [3.05, 3.63) is 59.0 Å². The van der Waals surface area contributed by atoms with Gasteiger partial charge >= 0.3 is 5.97 Å².